The van der Waals surface area contributed by atoms with Gasteiger partial charge in [-0.1, -0.05) is 60.1 Å². The second kappa shape index (κ2) is 12.1. The van der Waals surface area contributed by atoms with Crippen LogP contribution in [0.5, 0.6) is 0 Å². The van der Waals surface area contributed by atoms with Crippen LogP contribution in [0.25, 0.3) is 0 Å². The lowest BCUT2D eigenvalue weighted by molar-refractivity contribution is -0.221. The number of nitrogens with two attached hydrogens (primary N) is 1. The highest BCUT2D eigenvalue weighted by Crippen LogP contribution is 2.76. The molecule has 0 aromatic heterocycles. The Morgan fingerprint density at radius 3 is 1.88 bits per heavy atom. The van der Waals surface area contributed by atoms with Crippen LogP contribution in [-0.2, 0) is 19.1 Å². The Labute approximate surface area is 293 Å². The lowest BCUT2D eigenvalue weighted by Crippen LogP contribution is -2.67. The molecular formula is C43H71NO4. The molecule has 2 N–H and O–H groups in total. The smallest absolute Gasteiger partial charge is 0.323 e. The first-order valence-corrected chi connectivity index (χ1v) is 20.2. The van der Waals surface area contributed by atoms with Gasteiger partial charge in [-0.3, -0.25) is 9.59 Å². The first kappa shape index (κ1) is 36.4. The molecule has 9 atom stereocenters. The Kier molecular flexibility index (Phi) is 9.20. The van der Waals surface area contributed by atoms with Gasteiger partial charge in [0.05, 0.1) is 12.2 Å². The van der Waals surface area contributed by atoms with E-state index in [9.17, 15) is 9.59 Å². The van der Waals surface area contributed by atoms with Gasteiger partial charge in [0.15, 0.2) is 5.41 Å². The summed E-state index contributed by atoms with van der Waals surface area (Å²) in [6.45, 7) is 25.5. The molecule has 6 aliphatic carbocycles. The molecule has 6 aliphatic rings. The molecular weight excluding hydrogens is 594 g/mol. The summed E-state index contributed by atoms with van der Waals surface area (Å²) >= 11 is 0. The average Bonchev–Trinajstić information content (AvgIpc) is 3.34. The third-order valence-corrected chi connectivity index (χ3v) is 16.8. The molecule has 0 spiro atoms. The fraction of sp³-hybridized carbons (Fsp3) is 0.907. The Morgan fingerprint density at radius 2 is 1.31 bits per heavy atom. The molecule has 0 bridgehead atoms. The van der Waals surface area contributed by atoms with Crippen LogP contribution in [0, 0.1) is 68.5 Å². The molecule has 0 aliphatic heterocycles. The van der Waals surface area contributed by atoms with E-state index < -0.39 is 17.4 Å². The fourth-order valence-corrected chi connectivity index (χ4v) is 14.3. The number of hydrogen-bond acceptors (Lipinski definition) is 5. The van der Waals surface area contributed by atoms with Gasteiger partial charge < -0.3 is 15.2 Å². The Hall–Kier alpha value is -1.36. The predicted molar refractivity (Wildman–Crippen MR) is 194 cm³/mol. The van der Waals surface area contributed by atoms with Crippen LogP contribution in [-0.4, -0.2) is 29.7 Å². The zero-order chi connectivity index (χ0) is 35.2. The van der Waals surface area contributed by atoms with E-state index in [1.54, 1.807) is 5.57 Å². The first-order chi connectivity index (χ1) is 22.3. The number of hydrogen-bond donors (Lipinski definition) is 1. The van der Waals surface area contributed by atoms with Crippen LogP contribution in [0.1, 0.15) is 160 Å². The van der Waals surface area contributed by atoms with Crippen molar-refractivity contribution in [3.05, 3.63) is 11.6 Å². The summed E-state index contributed by atoms with van der Waals surface area (Å²) in [5, 5.41) is 0. The number of carbonyl (C=O) groups is 2. The van der Waals surface area contributed by atoms with E-state index in [-0.39, 0.29) is 28.6 Å². The standard InChI is InChI=1S/C43H71NO4/c1-26(2)30-16-23-43(44)25-24-40(10)32(35(30)43)12-13-34-39(9)19-17-31(38(7,8)33(39)18-20-41(34,40)11)29-14-21-42(22-15-29,36(45)47-27(3)4)37(46)48-28(5)6/h17,26-30,32-35H,12-16,18-25,44H2,1-11H3/t30-,32+,33-,34+,35+,39-,40+,41+,43-/m0/s1. The fourth-order valence-electron chi connectivity index (χ4n) is 14.3. The summed E-state index contributed by atoms with van der Waals surface area (Å²) in [6.07, 6.45) is 16.4. The van der Waals surface area contributed by atoms with E-state index in [2.05, 4.69) is 54.5 Å². The second-order valence-corrected chi connectivity index (χ2v) is 20.2. The van der Waals surface area contributed by atoms with Crippen molar-refractivity contribution in [3.8, 4) is 0 Å². The quantitative estimate of drug-likeness (QED) is 0.174. The van der Waals surface area contributed by atoms with Crippen molar-refractivity contribution in [2.75, 3.05) is 0 Å². The first-order valence-electron chi connectivity index (χ1n) is 20.2. The Bertz CT molecular complexity index is 1270. The van der Waals surface area contributed by atoms with Gasteiger partial charge in [0, 0.05) is 5.54 Å². The van der Waals surface area contributed by atoms with E-state index in [1.165, 1.54) is 51.4 Å². The molecule has 0 aromatic rings. The number of carbonyl (C=O) groups excluding carboxylic acids is 2. The van der Waals surface area contributed by atoms with Crippen LogP contribution >= 0.6 is 0 Å². The maximum Gasteiger partial charge on any atom is 0.323 e. The molecule has 0 aromatic carbocycles. The van der Waals surface area contributed by atoms with E-state index in [0.29, 0.717) is 41.4 Å². The number of allylic oxidation sites excluding steroid dienone is 2. The minimum Gasteiger partial charge on any atom is -0.462 e. The van der Waals surface area contributed by atoms with Crippen molar-refractivity contribution in [3.63, 3.8) is 0 Å². The highest BCUT2D eigenvalue weighted by atomic mass is 16.6. The Morgan fingerprint density at radius 1 is 0.708 bits per heavy atom. The van der Waals surface area contributed by atoms with Crippen molar-refractivity contribution in [2.24, 2.45) is 74.2 Å². The SMILES string of the molecule is CC(C)OC(=O)C1(C(=O)OC(C)C)CCC(C2=CC[C@]3(C)[C@H]4CC[C@@H]5[C@H]6[C@H](C(C)C)CC[C@]6(N)CC[C@@]5(C)[C@]4(C)CC[C@H]3C2(C)C)CC1. The summed E-state index contributed by atoms with van der Waals surface area (Å²) in [4.78, 5) is 26.9. The van der Waals surface area contributed by atoms with Gasteiger partial charge in [0.1, 0.15) is 0 Å². The highest BCUT2D eigenvalue weighted by molar-refractivity contribution is 6.00. The normalized spacial score (nSPS) is 43.6. The third-order valence-electron chi connectivity index (χ3n) is 16.8. The van der Waals surface area contributed by atoms with Crippen molar-refractivity contribution in [2.45, 2.75) is 177 Å². The van der Waals surface area contributed by atoms with Crippen molar-refractivity contribution >= 4 is 11.9 Å². The largest absolute Gasteiger partial charge is 0.462 e. The molecule has 5 saturated carbocycles. The lowest BCUT2D eigenvalue weighted by atomic mass is 9.32. The van der Waals surface area contributed by atoms with Gasteiger partial charge in [-0.25, -0.2) is 0 Å². The van der Waals surface area contributed by atoms with Crippen LogP contribution < -0.4 is 5.73 Å². The molecule has 5 fully saturated rings. The van der Waals surface area contributed by atoms with Gasteiger partial charge in [0.25, 0.3) is 0 Å². The zero-order valence-electron chi connectivity index (χ0n) is 32.7. The number of fused-ring (bicyclic) bond motifs is 7. The molecule has 0 radical (unpaired) electrons. The molecule has 0 heterocycles. The monoisotopic (exact) mass is 666 g/mol. The maximum absolute atomic E-state index is 13.5. The minimum absolute atomic E-state index is 0.0581. The second-order valence-electron chi connectivity index (χ2n) is 20.2. The van der Waals surface area contributed by atoms with Crippen LogP contribution in [0.2, 0.25) is 0 Å². The Balaban J connectivity index is 1.25. The van der Waals surface area contributed by atoms with Gasteiger partial charge in [-0.05, 0) is 174 Å². The summed E-state index contributed by atoms with van der Waals surface area (Å²) in [5.74, 6) is 3.90. The summed E-state index contributed by atoms with van der Waals surface area (Å²) < 4.78 is 11.4. The van der Waals surface area contributed by atoms with Crippen molar-refractivity contribution in [1.29, 1.82) is 0 Å². The summed E-state index contributed by atoms with van der Waals surface area (Å²) in [7, 11) is 0. The van der Waals surface area contributed by atoms with Gasteiger partial charge in [-0.15, -0.1) is 0 Å². The van der Waals surface area contributed by atoms with E-state index in [0.717, 1.165) is 42.9 Å². The molecule has 48 heavy (non-hydrogen) atoms. The van der Waals surface area contributed by atoms with Crippen LogP contribution in [0.4, 0.5) is 0 Å². The third kappa shape index (κ3) is 5.22. The van der Waals surface area contributed by atoms with Gasteiger partial charge in [-0.2, -0.15) is 0 Å². The van der Waals surface area contributed by atoms with E-state index >= 15 is 0 Å². The van der Waals surface area contributed by atoms with Crippen LogP contribution in [0.3, 0.4) is 0 Å². The molecule has 0 amide bonds. The number of ether oxygens (including phenoxy) is 2. The topological polar surface area (TPSA) is 78.6 Å². The maximum atomic E-state index is 13.5. The lowest BCUT2D eigenvalue weighted by Gasteiger charge is -2.72. The van der Waals surface area contributed by atoms with Crippen molar-refractivity contribution in [1.82, 2.24) is 0 Å². The van der Waals surface area contributed by atoms with Gasteiger partial charge in [0.2, 0.25) is 0 Å². The molecule has 272 valence electrons. The van der Waals surface area contributed by atoms with Crippen molar-refractivity contribution < 1.29 is 19.1 Å². The summed E-state index contributed by atoms with van der Waals surface area (Å²) in [5.41, 5.74) is 8.87. The highest BCUT2D eigenvalue weighted by Gasteiger charge is 2.70. The number of esters is 2. The van der Waals surface area contributed by atoms with Crippen LogP contribution in [0.15, 0.2) is 11.6 Å². The molecule has 5 nitrogen and oxygen atoms in total. The zero-order valence-corrected chi connectivity index (χ0v) is 32.7. The van der Waals surface area contributed by atoms with E-state index in [4.69, 9.17) is 15.2 Å². The summed E-state index contributed by atoms with van der Waals surface area (Å²) in [6, 6.07) is 0. The molecule has 6 rings (SSSR count). The molecule has 0 unspecified atom stereocenters. The molecule has 0 saturated heterocycles. The predicted octanol–water partition coefficient (Wildman–Crippen LogP) is 10.1. The van der Waals surface area contributed by atoms with E-state index in [1.807, 2.05) is 27.7 Å². The number of rotatable bonds is 6. The average molecular weight is 666 g/mol. The van der Waals surface area contributed by atoms with Gasteiger partial charge >= 0.3 is 11.9 Å². The minimum atomic E-state index is -1.19. The molecule has 5 heteroatoms.